The first-order valence-electron chi connectivity index (χ1n) is 37.6. The van der Waals surface area contributed by atoms with Crippen LogP contribution in [0.4, 0.5) is 0 Å². The van der Waals surface area contributed by atoms with Crippen LogP contribution in [-0.4, -0.2) is 224 Å². The molecule has 8 rings (SSSR count). The van der Waals surface area contributed by atoms with E-state index in [-0.39, 0.29) is 117 Å². The van der Waals surface area contributed by atoms with Gasteiger partial charge in [-0.2, -0.15) is 0 Å². The smallest absolute Gasteiger partial charge is 0.335 e. The Labute approximate surface area is 650 Å². The highest BCUT2D eigenvalue weighted by atomic mass is 32.2. The van der Waals surface area contributed by atoms with Crippen LogP contribution in [-0.2, 0) is 102 Å². The van der Waals surface area contributed by atoms with E-state index >= 15 is 0 Å². The quantitative estimate of drug-likeness (QED) is 0.0200. The fraction of sp³-hybridized carbons (Fsp3) is 0.590. The number of aromatic nitrogens is 6. The summed E-state index contributed by atoms with van der Waals surface area (Å²) in [6.07, 6.45) is 7.02. The average Bonchev–Trinajstić information content (AvgIpc) is 1.62. The standard InChI is InChI=1S/C78H110N12O18S2/c1-75(2,3)107-71(97)59(85-69(95)65-77(7,8)109-51-83-65)47-53-21-25-55(26-22-53)89-67-61(19-13-31-81-67)87(73(89)99)49-58(92)18-15-36-102-43-44-104-38-29-57(91)17-11-12-35-101-41-42-103-37-16-33-79-63(93)30-39-105-45-46-106-40-34-80-64(94)50-88-62-20-14-32-82-68(62)90(74(88)100)56-27-23-54(24-28-56)48-60(72(98)108-76(4,5)6)86-70(96)66-78(9,10)110-52-84-66/h13-14,19-28,31-32,59-60,65-66,83-84H,11-12,15-18,29-30,33-52H2,1-10H3,(H,79,93)(H,80,94)(H,85,95)(H,86,96)/t59-,60-,65+,66+/m0/s1. The van der Waals surface area contributed by atoms with E-state index in [0.717, 1.165) is 17.5 Å². The highest BCUT2D eigenvalue weighted by molar-refractivity contribution is 8.01. The van der Waals surface area contributed by atoms with Gasteiger partial charge in [0, 0.05) is 105 Å². The number of carbonyl (C=O) groups is 8. The molecule has 4 aromatic heterocycles. The van der Waals surface area contributed by atoms with Crippen molar-refractivity contribution in [3.63, 3.8) is 0 Å². The summed E-state index contributed by atoms with van der Waals surface area (Å²) < 4.78 is 50.0. The van der Waals surface area contributed by atoms with E-state index in [1.807, 2.05) is 27.7 Å². The molecule has 2 fully saturated rings. The second-order valence-electron chi connectivity index (χ2n) is 30.0. The molecule has 30 nitrogen and oxygen atoms in total. The van der Waals surface area contributed by atoms with Crippen molar-refractivity contribution in [1.29, 1.82) is 0 Å². The number of ether oxygens (including phenoxy) is 8. The summed E-state index contributed by atoms with van der Waals surface area (Å²) >= 11 is 3.26. The zero-order valence-electron chi connectivity index (χ0n) is 65.0. The van der Waals surface area contributed by atoms with E-state index in [4.69, 9.17) is 37.9 Å². The summed E-state index contributed by atoms with van der Waals surface area (Å²) in [6.45, 7) is 22.6. The van der Waals surface area contributed by atoms with Gasteiger partial charge in [-0.05, 0) is 155 Å². The number of pyridine rings is 2. The van der Waals surface area contributed by atoms with E-state index in [0.29, 0.717) is 130 Å². The highest BCUT2D eigenvalue weighted by Crippen LogP contribution is 2.34. The zero-order chi connectivity index (χ0) is 79.4. The number of carbonyl (C=O) groups excluding carboxylic acids is 8. The molecule has 6 heterocycles. The lowest BCUT2D eigenvalue weighted by Gasteiger charge is -2.28. The maximum absolute atomic E-state index is 14.0. The summed E-state index contributed by atoms with van der Waals surface area (Å²) in [5.41, 5.74) is 1.70. The van der Waals surface area contributed by atoms with Gasteiger partial charge in [-0.15, -0.1) is 23.5 Å². The second kappa shape index (κ2) is 42.5. The molecule has 0 aliphatic carbocycles. The third-order valence-electron chi connectivity index (χ3n) is 17.9. The van der Waals surface area contributed by atoms with Crippen molar-refractivity contribution in [3.05, 3.63) is 117 Å². The minimum atomic E-state index is -0.966. The number of thioether (sulfide) groups is 2. The lowest BCUT2D eigenvalue weighted by Crippen LogP contribution is -2.55. The van der Waals surface area contributed by atoms with Crippen LogP contribution < -0.4 is 43.3 Å². The molecule has 0 radical (unpaired) electrons. The predicted molar refractivity (Wildman–Crippen MR) is 418 cm³/mol. The predicted octanol–water partition coefficient (Wildman–Crippen LogP) is 5.60. The molecule has 602 valence electrons. The molecule has 6 aromatic rings. The lowest BCUT2D eigenvalue weighted by atomic mass is 10.0. The molecule has 0 bridgehead atoms. The molecule has 4 atom stereocenters. The molecule has 2 aliphatic rings. The van der Waals surface area contributed by atoms with E-state index in [1.165, 1.54) is 18.3 Å². The van der Waals surface area contributed by atoms with Crippen LogP contribution in [0.2, 0.25) is 0 Å². The molecule has 32 heteroatoms. The molecule has 6 N–H and O–H groups in total. The van der Waals surface area contributed by atoms with Gasteiger partial charge in [0.1, 0.15) is 47.7 Å². The average molecular weight is 1570 g/mol. The molecule has 0 unspecified atom stereocenters. The van der Waals surface area contributed by atoms with Gasteiger partial charge in [-0.1, -0.05) is 24.3 Å². The Morgan fingerprint density at radius 3 is 1.36 bits per heavy atom. The van der Waals surface area contributed by atoms with Gasteiger partial charge in [0.25, 0.3) is 0 Å². The van der Waals surface area contributed by atoms with Gasteiger partial charge in [0.05, 0.1) is 88.4 Å². The van der Waals surface area contributed by atoms with Gasteiger partial charge in [-0.3, -0.25) is 48.5 Å². The summed E-state index contributed by atoms with van der Waals surface area (Å²) in [7, 11) is 0. The van der Waals surface area contributed by atoms with Gasteiger partial charge >= 0.3 is 23.3 Å². The number of fused-ring (bicyclic) bond motifs is 2. The third kappa shape index (κ3) is 27.3. The van der Waals surface area contributed by atoms with E-state index < -0.39 is 64.6 Å². The van der Waals surface area contributed by atoms with Crippen LogP contribution in [0, 0.1) is 0 Å². The SMILES string of the molecule is CC(C)(C)OC(=O)[C@H](Cc1ccc(-n2c(=O)n(CC(=O)CCCOCCOCCC(=O)CCCCOCCOCCCNC(=O)CCOCCOCCNC(=O)Cn3c(=O)n(-c4ccc(C[C@H](NC(=O)[C@H]5NCSC5(C)C)C(=O)OC(C)(C)C)cc4)c4ncccc43)c3cccnc32)cc1)NC(=O)[C@H]1NCSC1(C)C. The van der Waals surface area contributed by atoms with Crippen LogP contribution in [0.25, 0.3) is 33.7 Å². The first-order valence-corrected chi connectivity index (χ1v) is 39.6. The normalized spacial score (nSPS) is 16.0. The topological polar surface area (TPSA) is 362 Å². The summed E-state index contributed by atoms with van der Waals surface area (Å²) in [5.74, 6) is -1.07. The number of benzene rings is 2. The van der Waals surface area contributed by atoms with Crippen molar-refractivity contribution >= 4 is 93.0 Å². The summed E-state index contributed by atoms with van der Waals surface area (Å²) in [4.78, 5) is 142. The first kappa shape index (κ1) is 87.4. The molecule has 4 amide bonds. The number of rotatable bonds is 47. The number of ketones is 2. The maximum Gasteiger partial charge on any atom is 0.335 e. The minimum absolute atomic E-state index is 0.102. The molecule has 110 heavy (non-hydrogen) atoms. The second-order valence-corrected chi connectivity index (χ2v) is 33.2. The number of hydrogen-bond donors (Lipinski definition) is 6. The Hall–Kier alpha value is -8.18. The van der Waals surface area contributed by atoms with E-state index in [2.05, 4.69) is 41.9 Å². The van der Waals surface area contributed by atoms with Gasteiger partial charge in [-0.25, -0.2) is 38.3 Å². The Kier molecular flexibility index (Phi) is 33.7. The molecule has 2 aliphatic heterocycles. The maximum atomic E-state index is 14.0. The fourth-order valence-corrected chi connectivity index (χ4v) is 14.2. The van der Waals surface area contributed by atoms with Crippen molar-refractivity contribution in [1.82, 2.24) is 60.1 Å². The number of nitrogens with one attached hydrogen (secondary N) is 6. The van der Waals surface area contributed by atoms with Crippen LogP contribution in [0.3, 0.4) is 0 Å². The molecule has 0 spiro atoms. The summed E-state index contributed by atoms with van der Waals surface area (Å²) in [5, 5.41) is 17.9. The van der Waals surface area contributed by atoms with Gasteiger partial charge in [0.15, 0.2) is 17.1 Å². The molecule has 2 saturated heterocycles. The minimum Gasteiger partial charge on any atom is -0.458 e. The Bertz CT molecular complexity index is 3900. The number of imidazole rings is 2. The van der Waals surface area contributed by atoms with Crippen LogP contribution in [0.15, 0.2) is 94.8 Å². The molecule has 2 aromatic carbocycles. The van der Waals surface area contributed by atoms with Crippen molar-refractivity contribution in [2.75, 3.05) is 104 Å². The van der Waals surface area contributed by atoms with Crippen molar-refractivity contribution in [3.8, 4) is 11.4 Å². The van der Waals surface area contributed by atoms with Crippen LogP contribution in [0.1, 0.15) is 132 Å². The zero-order valence-corrected chi connectivity index (χ0v) is 66.7. The van der Waals surface area contributed by atoms with Gasteiger partial charge in [0.2, 0.25) is 23.6 Å². The largest absolute Gasteiger partial charge is 0.458 e. The number of Topliss-reactive ketones (excluding diaryl/α,β-unsaturated/α-hetero) is 2. The van der Waals surface area contributed by atoms with Gasteiger partial charge < -0.3 is 59.2 Å². The monoisotopic (exact) mass is 1570 g/mol. The highest BCUT2D eigenvalue weighted by Gasteiger charge is 2.43. The Morgan fingerprint density at radius 2 is 0.900 bits per heavy atom. The van der Waals surface area contributed by atoms with Crippen molar-refractivity contribution in [2.45, 2.75) is 191 Å². The lowest BCUT2D eigenvalue weighted by molar-refractivity contribution is -0.159. The Balaban J connectivity index is 0.591. The molecular formula is C78H110N12O18S2. The van der Waals surface area contributed by atoms with Crippen LogP contribution >= 0.6 is 23.5 Å². The Morgan fingerprint density at radius 1 is 0.482 bits per heavy atom. The van der Waals surface area contributed by atoms with Crippen LogP contribution in [0.5, 0.6) is 0 Å². The number of hydrogen-bond acceptors (Lipinski definition) is 24. The number of nitrogens with zero attached hydrogens (tertiary/aromatic N) is 6. The fourth-order valence-electron chi connectivity index (χ4n) is 12.3. The molecule has 0 saturated carbocycles. The van der Waals surface area contributed by atoms with Crippen molar-refractivity contribution in [2.24, 2.45) is 0 Å². The number of unbranched alkanes of at least 4 members (excludes halogenated alkanes) is 1. The van der Waals surface area contributed by atoms with E-state index in [9.17, 15) is 47.9 Å². The number of esters is 2. The first-order chi connectivity index (χ1) is 52.5. The van der Waals surface area contributed by atoms with E-state index in [1.54, 1.807) is 150 Å². The van der Waals surface area contributed by atoms with Crippen molar-refractivity contribution < 1.29 is 76.3 Å². The number of amides is 4. The third-order valence-corrected chi connectivity index (χ3v) is 20.5. The summed E-state index contributed by atoms with van der Waals surface area (Å²) in [6, 6.07) is 18.0. The molecular weight excluding hydrogens is 1460 g/mol.